The van der Waals surface area contributed by atoms with Crippen LogP contribution in [-0.4, -0.2) is 23.5 Å². The summed E-state index contributed by atoms with van der Waals surface area (Å²) < 4.78 is 0. The number of nitrogens with one attached hydrogen (secondary N) is 1. The van der Waals surface area contributed by atoms with Crippen molar-refractivity contribution >= 4 is 11.9 Å². The third-order valence-electron chi connectivity index (χ3n) is 2.60. The van der Waals surface area contributed by atoms with Crippen LogP contribution in [0.1, 0.15) is 18.9 Å². The molecule has 0 aliphatic rings. The summed E-state index contributed by atoms with van der Waals surface area (Å²) >= 11 is 0. The summed E-state index contributed by atoms with van der Waals surface area (Å²) in [6, 6.07) is 9.71. The molecule has 2 N–H and O–H groups in total. The molecule has 1 rings (SSSR count). The van der Waals surface area contributed by atoms with Crippen LogP contribution >= 0.6 is 0 Å². The molecule has 0 aliphatic carbocycles. The van der Waals surface area contributed by atoms with Crippen molar-refractivity contribution in [3.05, 3.63) is 35.9 Å². The highest BCUT2D eigenvalue weighted by Crippen LogP contribution is 2.12. The molecule has 1 aromatic carbocycles. The molecule has 0 radical (unpaired) electrons. The quantitative estimate of drug-likeness (QED) is 0.784. The zero-order valence-corrected chi connectivity index (χ0v) is 9.85. The molecule has 1 amide bonds. The van der Waals surface area contributed by atoms with Gasteiger partial charge in [-0.1, -0.05) is 37.3 Å². The number of carbonyl (C=O) groups excluding carboxylic acids is 1. The summed E-state index contributed by atoms with van der Waals surface area (Å²) in [5, 5.41) is 10.9. The van der Waals surface area contributed by atoms with E-state index in [4.69, 9.17) is 5.11 Å². The first-order chi connectivity index (χ1) is 8.13. The van der Waals surface area contributed by atoms with Crippen LogP contribution in [0.2, 0.25) is 0 Å². The molecule has 0 aliphatic heterocycles. The maximum Gasteiger partial charge on any atom is 0.322 e. The van der Waals surface area contributed by atoms with Crippen molar-refractivity contribution in [3.63, 3.8) is 0 Å². The number of carboxylic acids is 1. The van der Waals surface area contributed by atoms with Crippen LogP contribution in [0.4, 0.5) is 0 Å². The Hall–Kier alpha value is -1.84. The fourth-order valence-electron chi connectivity index (χ4n) is 1.63. The molecule has 0 spiro atoms. The van der Waals surface area contributed by atoms with Crippen molar-refractivity contribution in [1.29, 1.82) is 0 Å². The van der Waals surface area contributed by atoms with E-state index >= 15 is 0 Å². The Kier molecular flexibility index (Phi) is 5.20. The van der Waals surface area contributed by atoms with E-state index < -0.39 is 5.97 Å². The zero-order chi connectivity index (χ0) is 12.7. The van der Waals surface area contributed by atoms with Crippen LogP contribution in [0.3, 0.4) is 0 Å². The molecule has 4 heteroatoms. The van der Waals surface area contributed by atoms with Gasteiger partial charge in [0.1, 0.15) is 6.54 Å². The van der Waals surface area contributed by atoms with E-state index in [0.29, 0.717) is 12.8 Å². The number of carboxylic acid groups (broad SMARTS) is 1. The molecule has 1 atom stereocenters. The van der Waals surface area contributed by atoms with Gasteiger partial charge < -0.3 is 10.4 Å². The average Bonchev–Trinajstić information content (AvgIpc) is 2.34. The van der Waals surface area contributed by atoms with Crippen LogP contribution in [0, 0.1) is 5.92 Å². The average molecular weight is 235 g/mol. The number of hydrogen-bond acceptors (Lipinski definition) is 2. The minimum Gasteiger partial charge on any atom is -0.480 e. The molecule has 0 heterocycles. The highest BCUT2D eigenvalue weighted by molar-refractivity contribution is 5.83. The molecule has 1 aromatic rings. The van der Waals surface area contributed by atoms with Crippen molar-refractivity contribution in [3.8, 4) is 0 Å². The van der Waals surface area contributed by atoms with Crippen molar-refractivity contribution in [1.82, 2.24) is 5.32 Å². The third kappa shape index (κ3) is 4.68. The second-order valence-corrected chi connectivity index (χ2v) is 3.91. The Balaban J connectivity index is 2.53. The van der Waals surface area contributed by atoms with Gasteiger partial charge in [-0.15, -0.1) is 0 Å². The molecular formula is C13H17NO3. The van der Waals surface area contributed by atoms with Gasteiger partial charge in [-0.2, -0.15) is 0 Å². The summed E-state index contributed by atoms with van der Waals surface area (Å²) in [5.41, 5.74) is 1.09. The van der Waals surface area contributed by atoms with Crippen LogP contribution in [0.25, 0.3) is 0 Å². The van der Waals surface area contributed by atoms with E-state index in [9.17, 15) is 9.59 Å². The van der Waals surface area contributed by atoms with Gasteiger partial charge >= 0.3 is 5.97 Å². The fourth-order valence-corrected chi connectivity index (χ4v) is 1.63. The van der Waals surface area contributed by atoms with Gasteiger partial charge in [-0.3, -0.25) is 9.59 Å². The maximum atomic E-state index is 11.7. The molecule has 0 aromatic heterocycles. The largest absolute Gasteiger partial charge is 0.480 e. The second kappa shape index (κ2) is 6.68. The smallest absolute Gasteiger partial charge is 0.322 e. The van der Waals surface area contributed by atoms with Crippen molar-refractivity contribution in [2.24, 2.45) is 5.92 Å². The predicted molar refractivity (Wildman–Crippen MR) is 64.6 cm³/mol. The Labute approximate surface area is 101 Å². The minimum absolute atomic E-state index is 0.170. The normalized spacial score (nSPS) is 11.8. The zero-order valence-electron chi connectivity index (χ0n) is 9.85. The van der Waals surface area contributed by atoms with Gasteiger partial charge in [-0.25, -0.2) is 0 Å². The van der Waals surface area contributed by atoms with E-state index in [1.165, 1.54) is 0 Å². The standard InChI is InChI=1S/C13H17NO3/c1-2-11(13(17)14-9-12(15)16)8-10-6-4-3-5-7-10/h3-7,11H,2,8-9H2,1H3,(H,14,17)(H,15,16)/t11-/m0/s1. The van der Waals surface area contributed by atoms with Gasteiger partial charge in [0.05, 0.1) is 0 Å². The Morgan fingerprint density at radius 1 is 1.29 bits per heavy atom. The lowest BCUT2D eigenvalue weighted by molar-refractivity contribution is -0.138. The van der Waals surface area contributed by atoms with E-state index in [0.717, 1.165) is 5.56 Å². The lowest BCUT2D eigenvalue weighted by Gasteiger charge is -2.14. The van der Waals surface area contributed by atoms with Gasteiger partial charge in [0.15, 0.2) is 0 Å². The Morgan fingerprint density at radius 3 is 2.47 bits per heavy atom. The van der Waals surface area contributed by atoms with Crippen LogP contribution in [0.5, 0.6) is 0 Å². The van der Waals surface area contributed by atoms with Crippen LogP contribution < -0.4 is 5.32 Å². The summed E-state index contributed by atoms with van der Waals surface area (Å²) in [7, 11) is 0. The van der Waals surface area contributed by atoms with E-state index in [1.54, 1.807) is 0 Å². The number of aliphatic carboxylic acids is 1. The maximum absolute atomic E-state index is 11.7. The summed E-state index contributed by atoms with van der Waals surface area (Å²) in [6.45, 7) is 1.61. The van der Waals surface area contributed by atoms with Gasteiger partial charge in [0.25, 0.3) is 0 Å². The Bertz CT molecular complexity index is 376. The number of hydrogen-bond donors (Lipinski definition) is 2. The van der Waals surface area contributed by atoms with Crippen molar-refractivity contribution < 1.29 is 14.7 Å². The molecule has 0 unspecified atom stereocenters. The van der Waals surface area contributed by atoms with Gasteiger partial charge in [0, 0.05) is 5.92 Å². The van der Waals surface area contributed by atoms with Crippen LogP contribution in [-0.2, 0) is 16.0 Å². The number of amides is 1. The number of carbonyl (C=O) groups is 2. The topological polar surface area (TPSA) is 66.4 Å². The molecule has 0 saturated heterocycles. The first-order valence-electron chi connectivity index (χ1n) is 5.67. The molecule has 0 saturated carbocycles. The minimum atomic E-state index is -1.02. The second-order valence-electron chi connectivity index (χ2n) is 3.91. The Morgan fingerprint density at radius 2 is 1.94 bits per heavy atom. The summed E-state index contributed by atoms with van der Waals surface area (Å²) in [4.78, 5) is 22.1. The molecule has 92 valence electrons. The number of benzene rings is 1. The lowest BCUT2D eigenvalue weighted by Crippen LogP contribution is -2.35. The van der Waals surface area contributed by atoms with Crippen molar-refractivity contribution in [2.45, 2.75) is 19.8 Å². The SMILES string of the molecule is CC[C@@H](Cc1ccccc1)C(=O)NCC(=O)O. The highest BCUT2D eigenvalue weighted by Gasteiger charge is 2.17. The third-order valence-corrected chi connectivity index (χ3v) is 2.60. The van der Waals surface area contributed by atoms with Crippen LogP contribution in [0.15, 0.2) is 30.3 Å². The predicted octanol–water partition coefficient (Wildman–Crippen LogP) is 1.46. The lowest BCUT2D eigenvalue weighted by atomic mass is 9.96. The van der Waals surface area contributed by atoms with E-state index in [2.05, 4.69) is 5.32 Å². The van der Waals surface area contributed by atoms with Gasteiger partial charge in [0.2, 0.25) is 5.91 Å². The molecule has 4 nitrogen and oxygen atoms in total. The first-order valence-corrected chi connectivity index (χ1v) is 5.67. The molecule has 0 fully saturated rings. The van der Waals surface area contributed by atoms with E-state index in [-0.39, 0.29) is 18.4 Å². The monoisotopic (exact) mass is 235 g/mol. The van der Waals surface area contributed by atoms with Crippen molar-refractivity contribution in [2.75, 3.05) is 6.54 Å². The fraction of sp³-hybridized carbons (Fsp3) is 0.385. The number of rotatable bonds is 6. The molecular weight excluding hydrogens is 218 g/mol. The summed E-state index contributed by atoms with van der Waals surface area (Å²) in [5.74, 6) is -1.39. The first kappa shape index (κ1) is 13.2. The van der Waals surface area contributed by atoms with Gasteiger partial charge in [-0.05, 0) is 18.4 Å². The molecule has 0 bridgehead atoms. The summed E-state index contributed by atoms with van der Waals surface area (Å²) in [6.07, 6.45) is 1.34. The van der Waals surface area contributed by atoms with E-state index in [1.807, 2.05) is 37.3 Å². The molecule has 17 heavy (non-hydrogen) atoms. The highest BCUT2D eigenvalue weighted by atomic mass is 16.4.